The molecule has 2 heterocycles. The van der Waals surface area contributed by atoms with Crippen molar-refractivity contribution in [3.63, 3.8) is 0 Å². The molecule has 3 N–H and O–H groups in total. The molecule has 2 aliphatic rings. The van der Waals surface area contributed by atoms with Crippen molar-refractivity contribution in [2.75, 3.05) is 32.7 Å². The van der Waals surface area contributed by atoms with Gasteiger partial charge in [0.05, 0.1) is 11.8 Å². The van der Waals surface area contributed by atoms with Crippen molar-refractivity contribution in [3.05, 3.63) is 0 Å². The number of piperidine rings is 1. The van der Waals surface area contributed by atoms with Gasteiger partial charge in [0.25, 0.3) is 0 Å². The number of hydrogen-bond donors (Lipinski definition) is 3. The van der Waals surface area contributed by atoms with E-state index in [0.29, 0.717) is 13.1 Å². The predicted molar refractivity (Wildman–Crippen MR) is 98.5 cm³/mol. The van der Waals surface area contributed by atoms with Gasteiger partial charge in [-0.25, -0.2) is 0 Å². The number of aliphatic carboxylic acids is 1. The highest BCUT2D eigenvalue weighted by molar-refractivity contribution is 5.88. The summed E-state index contributed by atoms with van der Waals surface area (Å²) >= 11 is 0. The Morgan fingerprint density at radius 2 is 1.96 bits per heavy atom. The van der Waals surface area contributed by atoms with E-state index in [0.717, 1.165) is 32.5 Å². The first-order valence-electron chi connectivity index (χ1n) is 9.93. The normalized spacial score (nSPS) is 28.2. The quantitative estimate of drug-likeness (QED) is 0.551. The molecule has 0 bridgehead atoms. The molecule has 0 aromatic carbocycles. The van der Waals surface area contributed by atoms with Gasteiger partial charge < -0.3 is 20.6 Å². The summed E-state index contributed by atoms with van der Waals surface area (Å²) in [5.74, 6) is -0.927. The van der Waals surface area contributed by atoms with Gasteiger partial charge in [-0.05, 0) is 38.3 Å². The lowest BCUT2D eigenvalue weighted by Crippen LogP contribution is -2.52. The summed E-state index contributed by atoms with van der Waals surface area (Å²) in [6.45, 7) is 8.57. The van der Waals surface area contributed by atoms with Crippen LogP contribution in [-0.2, 0) is 9.59 Å². The maximum Gasteiger partial charge on any atom is 0.304 e. The fourth-order valence-corrected chi connectivity index (χ4v) is 4.16. The molecule has 2 fully saturated rings. The van der Waals surface area contributed by atoms with Crippen LogP contribution < -0.4 is 10.6 Å². The Morgan fingerprint density at radius 3 is 2.52 bits per heavy atom. The Kier molecular flexibility index (Phi) is 7.69. The zero-order valence-electron chi connectivity index (χ0n) is 15.9. The predicted octanol–water partition coefficient (Wildman–Crippen LogP) is 1.85. The fraction of sp³-hybridized carbons (Fsp3) is 0.895. The number of carbonyl (C=O) groups is 2. The van der Waals surface area contributed by atoms with Crippen molar-refractivity contribution in [1.82, 2.24) is 15.5 Å². The summed E-state index contributed by atoms with van der Waals surface area (Å²) in [4.78, 5) is 26.6. The molecule has 25 heavy (non-hydrogen) atoms. The largest absolute Gasteiger partial charge is 0.481 e. The molecule has 6 heteroatoms. The number of likely N-dealkylation sites (tertiary alicyclic amines) is 1. The lowest BCUT2D eigenvalue weighted by atomic mass is 9.75. The van der Waals surface area contributed by atoms with E-state index in [-0.39, 0.29) is 24.3 Å². The third kappa shape index (κ3) is 5.42. The minimum Gasteiger partial charge on any atom is -0.481 e. The first-order valence-corrected chi connectivity index (χ1v) is 9.93. The molecule has 0 saturated carbocycles. The summed E-state index contributed by atoms with van der Waals surface area (Å²) < 4.78 is 0. The second-order valence-corrected chi connectivity index (χ2v) is 7.91. The van der Waals surface area contributed by atoms with Crippen LogP contribution in [0.5, 0.6) is 0 Å². The summed E-state index contributed by atoms with van der Waals surface area (Å²) in [7, 11) is 0. The first-order chi connectivity index (χ1) is 12.0. The molecular formula is C19H35N3O3. The molecule has 144 valence electrons. The summed E-state index contributed by atoms with van der Waals surface area (Å²) in [6, 6.07) is 0.179. The number of nitrogens with zero attached hydrogens (tertiary/aromatic N) is 1. The molecule has 0 spiro atoms. The molecule has 2 saturated heterocycles. The lowest BCUT2D eigenvalue weighted by molar-refractivity contribution is -0.146. The van der Waals surface area contributed by atoms with E-state index >= 15 is 0 Å². The zero-order valence-corrected chi connectivity index (χ0v) is 15.9. The smallest absolute Gasteiger partial charge is 0.304 e. The van der Waals surface area contributed by atoms with Crippen LogP contribution >= 0.6 is 0 Å². The van der Waals surface area contributed by atoms with E-state index < -0.39 is 11.4 Å². The van der Waals surface area contributed by atoms with Gasteiger partial charge in [-0.1, -0.05) is 33.1 Å². The zero-order chi connectivity index (χ0) is 18.3. The Hall–Kier alpha value is -1.14. The van der Waals surface area contributed by atoms with Gasteiger partial charge in [-0.2, -0.15) is 0 Å². The van der Waals surface area contributed by atoms with Crippen molar-refractivity contribution < 1.29 is 14.7 Å². The Labute approximate surface area is 151 Å². The molecule has 2 unspecified atom stereocenters. The Balaban J connectivity index is 1.80. The van der Waals surface area contributed by atoms with Crippen LogP contribution in [0.25, 0.3) is 0 Å². The van der Waals surface area contributed by atoms with Crippen molar-refractivity contribution in [2.45, 2.75) is 64.8 Å². The van der Waals surface area contributed by atoms with E-state index in [1.54, 1.807) is 0 Å². The SMILES string of the molecule is CCCCCCN1CCC(NC(=O)C2(CC(=O)O)CNCC2C)CC1. The van der Waals surface area contributed by atoms with Crippen molar-refractivity contribution in [1.29, 1.82) is 0 Å². The van der Waals surface area contributed by atoms with E-state index in [2.05, 4.69) is 22.5 Å². The molecule has 2 rings (SSSR count). The number of hydrogen-bond acceptors (Lipinski definition) is 4. The highest BCUT2D eigenvalue weighted by atomic mass is 16.4. The minimum absolute atomic E-state index is 0.0438. The topological polar surface area (TPSA) is 81.7 Å². The van der Waals surface area contributed by atoms with Gasteiger partial charge in [-0.15, -0.1) is 0 Å². The molecule has 6 nitrogen and oxygen atoms in total. The number of nitrogens with one attached hydrogen (secondary N) is 2. The van der Waals surface area contributed by atoms with Crippen LogP contribution in [0, 0.1) is 11.3 Å². The molecule has 1 amide bonds. The summed E-state index contributed by atoms with van der Waals surface area (Å²) in [5, 5.41) is 15.6. The van der Waals surface area contributed by atoms with Gasteiger partial charge in [0.15, 0.2) is 0 Å². The Morgan fingerprint density at radius 1 is 1.24 bits per heavy atom. The lowest BCUT2D eigenvalue weighted by Gasteiger charge is -2.36. The molecule has 0 aromatic rings. The molecule has 0 radical (unpaired) electrons. The summed E-state index contributed by atoms with van der Waals surface area (Å²) in [6.07, 6.45) is 6.97. The number of rotatable bonds is 9. The van der Waals surface area contributed by atoms with Crippen LogP contribution in [0.1, 0.15) is 58.8 Å². The van der Waals surface area contributed by atoms with Crippen LogP contribution in [0.15, 0.2) is 0 Å². The van der Waals surface area contributed by atoms with Crippen molar-refractivity contribution in [2.24, 2.45) is 11.3 Å². The van der Waals surface area contributed by atoms with E-state index in [4.69, 9.17) is 0 Å². The monoisotopic (exact) mass is 353 g/mol. The standard InChI is InChI=1S/C19H35N3O3/c1-3-4-5-6-9-22-10-7-16(8-11-22)21-18(25)19(12-17(23)24)14-20-13-15(19)2/h15-16,20H,3-14H2,1-2H3,(H,21,25)(H,23,24). The van der Waals surface area contributed by atoms with E-state index in [1.807, 2.05) is 6.92 Å². The van der Waals surface area contributed by atoms with Gasteiger partial charge in [-0.3, -0.25) is 9.59 Å². The highest BCUT2D eigenvalue weighted by Crippen LogP contribution is 2.35. The number of carboxylic acids is 1. The van der Waals surface area contributed by atoms with Crippen molar-refractivity contribution >= 4 is 11.9 Å². The maximum absolute atomic E-state index is 12.9. The average Bonchev–Trinajstić information content (AvgIpc) is 2.94. The minimum atomic E-state index is -0.896. The fourth-order valence-electron chi connectivity index (χ4n) is 4.16. The Bertz CT molecular complexity index is 449. The van der Waals surface area contributed by atoms with Gasteiger partial charge in [0.2, 0.25) is 5.91 Å². The second kappa shape index (κ2) is 9.53. The number of unbranched alkanes of at least 4 members (excludes halogenated alkanes) is 3. The van der Waals surface area contributed by atoms with Crippen LogP contribution in [0.4, 0.5) is 0 Å². The van der Waals surface area contributed by atoms with Crippen LogP contribution in [0.3, 0.4) is 0 Å². The number of carboxylic acid groups (broad SMARTS) is 1. The third-order valence-corrected chi connectivity index (χ3v) is 6.00. The van der Waals surface area contributed by atoms with Gasteiger partial charge in [0, 0.05) is 25.7 Å². The number of amides is 1. The number of carbonyl (C=O) groups excluding carboxylic acids is 1. The van der Waals surface area contributed by atoms with E-state index in [9.17, 15) is 14.7 Å². The van der Waals surface area contributed by atoms with E-state index in [1.165, 1.54) is 25.7 Å². The summed E-state index contributed by atoms with van der Waals surface area (Å²) in [5.41, 5.74) is -0.802. The first kappa shape index (κ1) is 20.2. The second-order valence-electron chi connectivity index (χ2n) is 7.91. The van der Waals surface area contributed by atoms with Crippen LogP contribution in [-0.4, -0.2) is 60.6 Å². The van der Waals surface area contributed by atoms with Crippen LogP contribution in [0.2, 0.25) is 0 Å². The van der Waals surface area contributed by atoms with Gasteiger partial charge >= 0.3 is 5.97 Å². The van der Waals surface area contributed by atoms with Crippen molar-refractivity contribution in [3.8, 4) is 0 Å². The maximum atomic E-state index is 12.9. The third-order valence-electron chi connectivity index (χ3n) is 6.00. The molecule has 0 aliphatic carbocycles. The molecule has 2 aliphatic heterocycles. The highest BCUT2D eigenvalue weighted by Gasteiger charge is 2.48. The van der Waals surface area contributed by atoms with Gasteiger partial charge in [0.1, 0.15) is 0 Å². The molecular weight excluding hydrogens is 318 g/mol. The average molecular weight is 354 g/mol. The molecule has 2 atom stereocenters. The molecule has 0 aromatic heterocycles.